The van der Waals surface area contributed by atoms with Gasteiger partial charge in [0.2, 0.25) is 11.8 Å². The fourth-order valence-electron chi connectivity index (χ4n) is 3.29. The number of carbonyl (C=O) groups excluding carboxylic acids is 2. The van der Waals surface area contributed by atoms with Gasteiger partial charge in [0.1, 0.15) is 5.82 Å². The molecule has 0 aliphatic carbocycles. The lowest BCUT2D eigenvalue weighted by molar-refractivity contribution is -0.135. The Morgan fingerprint density at radius 2 is 2.30 bits per heavy atom. The molecule has 2 heterocycles. The minimum absolute atomic E-state index is 0.0675. The smallest absolute Gasteiger partial charge is 0.230 e. The first kappa shape index (κ1) is 15.9. The molecule has 1 saturated heterocycles. The number of nitrogens with one attached hydrogen (secondary N) is 1. The molecule has 2 amide bonds. The van der Waals surface area contributed by atoms with E-state index in [0.29, 0.717) is 36.9 Å². The van der Waals surface area contributed by atoms with Crippen LogP contribution >= 0.6 is 0 Å². The average molecular weight is 320 g/mol. The molecular weight excluding hydrogens is 299 g/mol. The van der Waals surface area contributed by atoms with E-state index in [0.717, 1.165) is 13.0 Å². The van der Waals surface area contributed by atoms with Crippen LogP contribution in [0.2, 0.25) is 0 Å². The molecule has 0 unspecified atom stereocenters. The van der Waals surface area contributed by atoms with E-state index in [4.69, 9.17) is 4.74 Å². The number of fused-ring (bicyclic) bond motifs is 1. The number of rotatable bonds is 4. The van der Waals surface area contributed by atoms with Crippen molar-refractivity contribution in [2.45, 2.75) is 25.7 Å². The summed E-state index contributed by atoms with van der Waals surface area (Å²) >= 11 is 0. The van der Waals surface area contributed by atoms with E-state index < -0.39 is 11.7 Å². The summed E-state index contributed by atoms with van der Waals surface area (Å²) in [7, 11) is 0. The first-order valence-electron chi connectivity index (χ1n) is 8.04. The molecule has 1 fully saturated rings. The lowest BCUT2D eigenvalue weighted by Crippen LogP contribution is -2.41. The molecule has 1 aromatic carbocycles. The van der Waals surface area contributed by atoms with Crippen LogP contribution in [0.25, 0.3) is 0 Å². The molecule has 3 rings (SSSR count). The van der Waals surface area contributed by atoms with E-state index in [-0.39, 0.29) is 18.2 Å². The Hall–Kier alpha value is -1.95. The lowest BCUT2D eigenvalue weighted by atomic mass is 9.89. The molecule has 1 aromatic rings. The average Bonchev–Trinajstić information content (AvgIpc) is 3.03. The maximum absolute atomic E-state index is 13.4. The highest BCUT2D eigenvalue weighted by molar-refractivity contribution is 6.01. The van der Waals surface area contributed by atoms with Crippen LogP contribution in [0.3, 0.4) is 0 Å². The van der Waals surface area contributed by atoms with Crippen molar-refractivity contribution >= 4 is 17.5 Å². The lowest BCUT2D eigenvalue weighted by Gasteiger charge is -2.31. The van der Waals surface area contributed by atoms with Crippen molar-refractivity contribution in [1.82, 2.24) is 4.90 Å². The fourth-order valence-corrected chi connectivity index (χ4v) is 3.29. The van der Waals surface area contributed by atoms with Gasteiger partial charge in [0.15, 0.2) is 0 Å². The third-order valence-electron chi connectivity index (χ3n) is 4.55. The van der Waals surface area contributed by atoms with E-state index in [1.165, 1.54) is 12.1 Å². The van der Waals surface area contributed by atoms with Crippen LogP contribution in [-0.2, 0) is 14.3 Å². The van der Waals surface area contributed by atoms with Crippen molar-refractivity contribution in [2.75, 3.05) is 31.6 Å². The summed E-state index contributed by atoms with van der Waals surface area (Å²) in [4.78, 5) is 26.6. The molecule has 0 saturated carbocycles. The first-order chi connectivity index (χ1) is 11.1. The van der Waals surface area contributed by atoms with Gasteiger partial charge in [-0.15, -0.1) is 0 Å². The molecule has 5 nitrogen and oxygen atoms in total. The van der Waals surface area contributed by atoms with Crippen molar-refractivity contribution in [3.8, 4) is 0 Å². The Kier molecular flexibility index (Phi) is 4.61. The number of hydrogen-bond acceptors (Lipinski definition) is 3. The fraction of sp³-hybridized carbons (Fsp3) is 0.529. The van der Waals surface area contributed by atoms with E-state index in [2.05, 4.69) is 5.32 Å². The Bertz CT molecular complexity index is 614. The maximum Gasteiger partial charge on any atom is 0.230 e. The normalized spacial score (nSPS) is 23.3. The number of hydrogen-bond donors (Lipinski definition) is 1. The molecule has 23 heavy (non-hydrogen) atoms. The highest BCUT2D eigenvalue weighted by Crippen LogP contribution is 2.34. The van der Waals surface area contributed by atoms with Gasteiger partial charge in [-0.1, -0.05) is 6.07 Å². The third-order valence-corrected chi connectivity index (χ3v) is 4.55. The first-order valence-corrected chi connectivity index (χ1v) is 8.04. The van der Waals surface area contributed by atoms with Gasteiger partial charge >= 0.3 is 0 Å². The van der Waals surface area contributed by atoms with Gasteiger partial charge in [-0.2, -0.15) is 0 Å². The number of likely N-dealkylation sites (N-methyl/N-ethyl adjacent to an activating group) is 1. The molecular formula is C17H21FN2O3. The monoisotopic (exact) mass is 320 g/mol. The van der Waals surface area contributed by atoms with Crippen LogP contribution < -0.4 is 5.32 Å². The predicted molar refractivity (Wildman–Crippen MR) is 83.6 cm³/mol. The summed E-state index contributed by atoms with van der Waals surface area (Å²) in [6.07, 6.45) is 1.06. The largest absolute Gasteiger partial charge is 0.381 e. The van der Waals surface area contributed by atoms with Crippen molar-refractivity contribution in [1.29, 1.82) is 0 Å². The zero-order chi connectivity index (χ0) is 16.4. The Morgan fingerprint density at radius 1 is 1.48 bits per heavy atom. The summed E-state index contributed by atoms with van der Waals surface area (Å²) in [6.45, 7) is 4.58. The summed E-state index contributed by atoms with van der Waals surface area (Å²) in [5.41, 5.74) is 1.09. The van der Waals surface area contributed by atoms with E-state index in [1.807, 2.05) is 6.92 Å². The van der Waals surface area contributed by atoms with Crippen molar-refractivity contribution in [3.63, 3.8) is 0 Å². The molecule has 0 radical (unpaired) electrons. The zero-order valence-corrected chi connectivity index (χ0v) is 13.2. The van der Waals surface area contributed by atoms with Gasteiger partial charge in [-0.05, 0) is 31.0 Å². The second-order valence-electron chi connectivity index (χ2n) is 6.14. The minimum atomic E-state index is -0.540. The topological polar surface area (TPSA) is 58.6 Å². The number of nitrogens with zero attached hydrogens (tertiary/aromatic N) is 1. The summed E-state index contributed by atoms with van der Waals surface area (Å²) < 4.78 is 18.8. The predicted octanol–water partition coefficient (Wildman–Crippen LogP) is 2.14. The molecule has 2 atom stereocenters. The maximum atomic E-state index is 13.4. The van der Waals surface area contributed by atoms with Crippen LogP contribution in [0.15, 0.2) is 18.2 Å². The number of anilines is 1. The SMILES string of the molecule is CCN(C[C@@H]1CCOC1)C(=O)[C@H]1CC(=O)Nc2cc(F)ccc21. The summed E-state index contributed by atoms with van der Waals surface area (Å²) in [5.74, 6) is -0.929. The van der Waals surface area contributed by atoms with Crippen LogP contribution in [0.5, 0.6) is 0 Å². The molecule has 2 aliphatic heterocycles. The van der Waals surface area contributed by atoms with Crippen LogP contribution in [0.4, 0.5) is 10.1 Å². The van der Waals surface area contributed by atoms with Gasteiger partial charge in [0, 0.05) is 37.7 Å². The van der Waals surface area contributed by atoms with Crippen molar-refractivity contribution < 1.29 is 18.7 Å². The van der Waals surface area contributed by atoms with Crippen molar-refractivity contribution in [3.05, 3.63) is 29.6 Å². The second kappa shape index (κ2) is 6.66. The Balaban J connectivity index is 1.81. The summed E-state index contributed by atoms with van der Waals surface area (Å²) in [5, 5.41) is 2.65. The number of ether oxygens (including phenoxy) is 1. The zero-order valence-electron chi connectivity index (χ0n) is 13.2. The van der Waals surface area contributed by atoms with Crippen LogP contribution in [0.1, 0.15) is 31.2 Å². The Labute approximate surface area is 134 Å². The van der Waals surface area contributed by atoms with Gasteiger partial charge in [0.25, 0.3) is 0 Å². The molecule has 6 heteroatoms. The van der Waals surface area contributed by atoms with Gasteiger partial charge in [0.05, 0.1) is 12.5 Å². The minimum Gasteiger partial charge on any atom is -0.381 e. The Morgan fingerprint density at radius 3 is 3.00 bits per heavy atom. The van der Waals surface area contributed by atoms with Crippen LogP contribution in [0, 0.1) is 11.7 Å². The van der Waals surface area contributed by atoms with E-state index in [1.54, 1.807) is 11.0 Å². The second-order valence-corrected chi connectivity index (χ2v) is 6.14. The van der Waals surface area contributed by atoms with Gasteiger partial charge < -0.3 is 15.0 Å². The standard InChI is InChI=1S/C17H21FN2O3/c1-2-20(9-11-5-6-23-10-11)17(22)14-8-16(21)19-15-7-12(18)3-4-13(14)15/h3-4,7,11,14H,2,5-6,8-10H2,1H3,(H,19,21)/t11-,14-/m0/s1. The quantitative estimate of drug-likeness (QED) is 0.924. The van der Waals surface area contributed by atoms with Gasteiger partial charge in [-0.3, -0.25) is 9.59 Å². The van der Waals surface area contributed by atoms with Gasteiger partial charge in [-0.25, -0.2) is 4.39 Å². The highest BCUT2D eigenvalue weighted by Gasteiger charge is 2.34. The van der Waals surface area contributed by atoms with Crippen LogP contribution in [-0.4, -0.2) is 43.0 Å². The number of benzene rings is 1. The molecule has 0 bridgehead atoms. The molecule has 2 aliphatic rings. The molecule has 124 valence electrons. The number of amides is 2. The molecule has 0 aromatic heterocycles. The molecule has 0 spiro atoms. The number of halogens is 1. The van der Waals surface area contributed by atoms with E-state index >= 15 is 0 Å². The highest BCUT2D eigenvalue weighted by atomic mass is 19.1. The van der Waals surface area contributed by atoms with E-state index in [9.17, 15) is 14.0 Å². The van der Waals surface area contributed by atoms with Crippen molar-refractivity contribution in [2.24, 2.45) is 5.92 Å². The molecule has 1 N–H and O–H groups in total. The third kappa shape index (κ3) is 3.37. The number of carbonyl (C=O) groups is 2. The summed E-state index contributed by atoms with van der Waals surface area (Å²) in [6, 6.07) is 4.20.